The van der Waals surface area contributed by atoms with Gasteiger partial charge in [-0.1, -0.05) is 18.2 Å². The molecule has 0 fully saturated rings. The molecule has 4 nitrogen and oxygen atoms in total. The van der Waals surface area contributed by atoms with Crippen molar-refractivity contribution in [3.05, 3.63) is 59.5 Å². The molecule has 3 aromatic heterocycles. The minimum Gasteiger partial charge on any atom is -0.341 e. The standard InChI is InChI=1S/C16H16N4S/c1-17-9-13-4-2-3-12-5-6-19(15(12)13)10-14-11-20-7-8-21-16(20)18-14/h2-8,11,17H,9-10H2,1H3. The van der Waals surface area contributed by atoms with Crippen molar-refractivity contribution in [2.24, 2.45) is 0 Å². The number of hydrogen-bond donors (Lipinski definition) is 1. The summed E-state index contributed by atoms with van der Waals surface area (Å²) in [5.41, 5.74) is 3.71. The van der Waals surface area contributed by atoms with E-state index in [2.05, 4.69) is 67.5 Å². The van der Waals surface area contributed by atoms with E-state index in [1.807, 2.05) is 7.05 Å². The number of nitrogens with zero attached hydrogens (tertiary/aromatic N) is 3. The Kier molecular flexibility index (Phi) is 3.02. The van der Waals surface area contributed by atoms with Crippen LogP contribution in [0.25, 0.3) is 15.9 Å². The maximum atomic E-state index is 4.68. The van der Waals surface area contributed by atoms with E-state index in [0.29, 0.717) is 0 Å². The topological polar surface area (TPSA) is 34.3 Å². The van der Waals surface area contributed by atoms with Crippen molar-refractivity contribution in [2.45, 2.75) is 13.1 Å². The molecule has 0 saturated carbocycles. The van der Waals surface area contributed by atoms with Gasteiger partial charge < -0.3 is 9.88 Å². The number of imidazole rings is 1. The Morgan fingerprint density at radius 2 is 2.19 bits per heavy atom. The van der Waals surface area contributed by atoms with Crippen molar-refractivity contribution in [3.63, 3.8) is 0 Å². The van der Waals surface area contributed by atoms with Crippen LogP contribution in [0.5, 0.6) is 0 Å². The lowest BCUT2D eigenvalue weighted by atomic mass is 10.1. The Balaban J connectivity index is 1.77. The second kappa shape index (κ2) is 5.02. The Morgan fingerprint density at radius 1 is 1.24 bits per heavy atom. The number of benzene rings is 1. The number of aromatic nitrogens is 3. The van der Waals surface area contributed by atoms with Crippen LogP contribution in [0.2, 0.25) is 0 Å². The SMILES string of the molecule is CNCc1cccc2ccn(Cc3cn4ccsc4n3)c12. The average molecular weight is 296 g/mol. The molecule has 0 bridgehead atoms. The maximum Gasteiger partial charge on any atom is 0.193 e. The van der Waals surface area contributed by atoms with Gasteiger partial charge in [0.15, 0.2) is 4.96 Å². The zero-order chi connectivity index (χ0) is 14.2. The highest BCUT2D eigenvalue weighted by Gasteiger charge is 2.09. The molecule has 0 saturated heterocycles. The lowest BCUT2D eigenvalue weighted by Crippen LogP contribution is -2.08. The highest BCUT2D eigenvalue weighted by molar-refractivity contribution is 7.15. The molecule has 21 heavy (non-hydrogen) atoms. The van der Waals surface area contributed by atoms with Gasteiger partial charge in [-0.3, -0.25) is 4.40 Å². The maximum absolute atomic E-state index is 4.68. The quantitative estimate of drug-likeness (QED) is 0.628. The third-order valence-electron chi connectivity index (χ3n) is 3.71. The number of hydrogen-bond acceptors (Lipinski definition) is 3. The molecule has 3 heterocycles. The van der Waals surface area contributed by atoms with Gasteiger partial charge in [-0.2, -0.15) is 0 Å². The van der Waals surface area contributed by atoms with E-state index in [1.54, 1.807) is 11.3 Å². The van der Waals surface area contributed by atoms with Crippen LogP contribution < -0.4 is 5.32 Å². The molecular weight excluding hydrogens is 280 g/mol. The minimum absolute atomic E-state index is 0.804. The van der Waals surface area contributed by atoms with Crippen molar-refractivity contribution in [3.8, 4) is 0 Å². The Bertz CT molecular complexity index is 871. The zero-order valence-electron chi connectivity index (χ0n) is 11.8. The van der Waals surface area contributed by atoms with Crippen molar-refractivity contribution < 1.29 is 0 Å². The summed E-state index contributed by atoms with van der Waals surface area (Å²) in [6.07, 6.45) is 6.31. The number of thiazole rings is 1. The Hall–Kier alpha value is -2.11. The van der Waals surface area contributed by atoms with E-state index in [0.717, 1.165) is 23.7 Å². The molecule has 4 aromatic rings. The summed E-state index contributed by atoms with van der Waals surface area (Å²) in [5, 5.41) is 6.58. The lowest BCUT2D eigenvalue weighted by molar-refractivity contribution is 0.787. The molecular formula is C16H16N4S. The highest BCUT2D eigenvalue weighted by Crippen LogP contribution is 2.22. The number of nitrogens with one attached hydrogen (secondary N) is 1. The fourth-order valence-corrected chi connectivity index (χ4v) is 3.55. The van der Waals surface area contributed by atoms with Crippen LogP contribution in [0.1, 0.15) is 11.3 Å². The van der Waals surface area contributed by atoms with Crippen LogP contribution >= 0.6 is 11.3 Å². The summed E-state index contributed by atoms with van der Waals surface area (Å²) in [5.74, 6) is 0. The summed E-state index contributed by atoms with van der Waals surface area (Å²) in [6.45, 7) is 1.68. The number of rotatable bonds is 4. The van der Waals surface area contributed by atoms with Crippen LogP contribution in [0.4, 0.5) is 0 Å². The van der Waals surface area contributed by atoms with Gasteiger partial charge in [0.25, 0.3) is 0 Å². The predicted molar refractivity (Wildman–Crippen MR) is 86.9 cm³/mol. The van der Waals surface area contributed by atoms with E-state index in [1.165, 1.54) is 16.5 Å². The summed E-state index contributed by atoms with van der Waals surface area (Å²) in [4.78, 5) is 5.73. The van der Waals surface area contributed by atoms with Crippen LogP contribution in [0.15, 0.2) is 48.2 Å². The normalized spacial score (nSPS) is 11.7. The van der Waals surface area contributed by atoms with E-state index in [4.69, 9.17) is 0 Å². The summed E-state index contributed by atoms with van der Waals surface area (Å²) < 4.78 is 4.37. The summed E-state index contributed by atoms with van der Waals surface area (Å²) in [7, 11) is 1.98. The van der Waals surface area contributed by atoms with Crippen molar-refractivity contribution in [2.75, 3.05) is 7.05 Å². The molecule has 0 aliphatic heterocycles. The molecule has 1 aromatic carbocycles. The largest absolute Gasteiger partial charge is 0.341 e. The first-order chi connectivity index (χ1) is 10.3. The van der Waals surface area contributed by atoms with Crippen LogP contribution in [0, 0.1) is 0 Å². The van der Waals surface area contributed by atoms with Gasteiger partial charge in [0.2, 0.25) is 0 Å². The highest BCUT2D eigenvalue weighted by atomic mass is 32.1. The van der Waals surface area contributed by atoms with Crippen LogP contribution in [-0.2, 0) is 13.1 Å². The molecule has 0 unspecified atom stereocenters. The summed E-state index contributed by atoms with van der Waals surface area (Å²) >= 11 is 1.67. The summed E-state index contributed by atoms with van der Waals surface area (Å²) in [6, 6.07) is 8.64. The van der Waals surface area contributed by atoms with Crippen molar-refractivity contribution in [1.29, 1.82) is 0 Å². The van der Waals surface area contributed by atoms with Gasteiger partial charge in [0.05, 0.1) is 17.8 Å². The Labute approximate surface area is 126 Å². The van der Waals surface area contributed by atoms with E-state index in [-0.39, 0.29) is 0 Å². The zero-order valence-corrected chi connectivity index (χ0v) is 12.6. The lowest BCUT2D eigenvalue weighted by Gasteiger charge is -2.08. The minimum atomic E-state index is 0.804. The molecule has 0 radical (unpaired) electrons. The van der Waals surface area contributed by atoms with Gasteiger partial charge in [-0.15, -0.1) is 11.3 Å². The van der Waals surface area contributed by atoms with Gasteiger partial charge in [0.1, 0.15) is 0 Å². The monoisotopic (exact) mass is 296 g/mol. The second-order valence-electron chi connectivity index (χ2n) is 5.15. The van der Waals surface area contributed by atoms with E-state index < -0.39 is 0 Å². The first kappa shape index (κ1) is 12.6. The van der Waals surface area contributed by atoms with Gasteiger partial charge in [-0.05, 0) is 24.1 Å². The number of para-hydroxylation sites is 1. The molecule has 0 aliphatic carbocycles. The Morgan fingerprint density at radius 3 is 3.05 bits per heavy atom. The third kappa shape index (κ3) is 2.14. The van der Waals surface area contributed by atoms with Crippen LogP contribution in [0.3, 0.4) is 0 Å². The molecule has 106 valence electrons. The first-order valence-electron chi connectivity index (χ1n) is 6.97. The van der Waals surface area contributed by atoms with Gasteiger partial charge >= 0.3 is 0 Å². The number of fused-ring (bicyclic) bond motifs is 2. The molecule has 0 amide bonds. The molecule has 5 heteroatoms. The average Bonchev–Trinajstić information content (AvgIpc) is 3.15. The van der Waals surface area contributed by atoms with Crippen molar-refractivity contribution >= 4 is 27.2 Å². The molecule has 4 rings (SSSR count). The molecule has 0 aliphatic rings. The fraction of sp³-hybridized carbons (Fsp3) is 0.188. The van der Waals surface area contributed by atoms with Crippen molar-refractivity contribution in [1.82, 2.24) is 19.3 Å². The van der Waals surface area contributed by atoms with Gasteiger partial charge in [0, 0.05) is 30.5 Å². The van der Waals surface area contributed by atoms with E-state index in [9.17, 15) is 0 Å². The predicted octanol–water partition coefficient (Wildman–Crippen LogP) is 3.12. The van der Waals surface area contributed by atoms with Crippen LogP contribution in [-0.4, -0.2) is 21.0 Å². The molecule has 0 atom stereocenters. The van der Waals surface area contributed by atoms with Gasteiger partial charge in [-0.25, -0.2) is 4.98 Å². The van der Waals surface area contributed by atoms with E-state index >= 15 is 0 Å². The first-order valence-corrected chi connectivity index (χ1v) is 7.85. The second-order valence-corrected chi connectivity index (χ2v) is 6.03. The molecule has 0 spiro atoms. The smallest absolute Gasteiger partial charge is 0.193 e. The third-order valence-corrected chi connectivity index (χ3v) is 4.49. The fourth-order valence-electron chi connectivity index (χ4n) is 2.83. The molecule has 1 N–H and O–H groups in total.